The minimum atomic E-state index is 0.0201. The quantitative estimate of drug-likeness (QED) is 0.749. The Balaban J connectivity index is 1.67. The summed E-state index contributed by atoms with van der Waals surface area (Å²) in [6, 6.07) is 0.0201. The summed E-state index contributed by atoms with van der Waals surface area (Å²) in [4.78, 5) is 16.0. The van der Waals surface area contributed by atoms with Crippen LogP contribution >= 0.6 is 0 Å². The van der Waals surface area contributed by atoms with E-state index in [0.717, 1.165) is 39.3 Å². The summed E-state index contributed by atoms with van der Waals surface area (Å²) in [6.45, 7) is 9.55. The molecule has 0 spiro atoms. The van der Waals surface area contributed by atoms with Gasteiger partial charge in [0.05, 0.1) is 6.10 Å². The predicted molar refractivity (Wildman–Crippen MR) is 70.6 cm³/mol. The van der Waals surface area contributed by atoms with Crippen LogP contribution in [0.2, 0.25) is 0 Å². The van der Waals surface area contributed by atoms with E-state index in [9.17, 15) is 4.79 Å². The number of piperazine rings is 1. The summed E-state index contributed by atoms with van der Waals surface area (Å²) < 4.78 is 5.64. The maximum absolute atomic E-state index is 11.7. The number of nitrogens with zero attached hydrogens (tertiary/aromatic N) is 2. The average Bonchev–Trinajstić information content (AvgIpc) is 2.89. The van der Waals surface area contributed by atoms with Gasteiger partial charge in [0.1, 0.15) is 0 Å². The molecule has 0 bridgehead atoms. The van der Waals surface area contributed by atoms with E-state index < -0.39 is 0 Å². The van der Waals surface area contributed by atoms with Crippen molar-refractivity contribution in [3.05, 3.63) is 12.7 Å². The van der Waals surface area contributed by atoms with Crippen LogP contribution in [0.4, 0.5) is 4.79 Å². The molecule has 0 aromatic carbocycles. The Morgan fingerprint density at radius 3 is 2.78 bits per heavy atom. The van der Waals surface area contributed by atoms with Crippen molar-refractivity contribution in [1.82, 2.24) is 15.1 Å². The molecule has 102 valence electrons. The SMILES string of the molecule is C=CCNC(=O)N1CCN(CC2CCCO2)CC1. The van der Waals surface area contributed by atoms with Gasteiger partial charge in [0.15, 0.2) is 0 Å². The minimum absolute atomic E-state index is 0.0201. The maximum atomic E-state index is 11.7. The van der Waals surface area contributed by atoms with Crippen molar-refractivity contribution >= 4 is 6.03 Å². The fourth-order valence-electron chi connectivity index (χ4n) is 2.48. The topological polar surface area (TPSA) is 44.8 Å². The molecule has 1 atom stereocenters. The number of amides is 2. The third kappa shape index (κ3) is 3.71. The minimum Gasteiger partial charge on any atom is -0.377 e. The Morgan fingerprint density at radius 1 is 1.39 bits per heavy atom. The summed E-state index contributed by atoms with van der Waals surface area (Å²) in [7, 11) is 0. The molecule has 2 aliphatic heterocycles. The van der Waals surface area contributed by atoms with E-state index in [-0.39, 0.29) is 6.03 Å². The Hall–Kier alpha value is -1.07. The van der Waals surface area contributed by atoms with Gasteiger partial charge < -0.3 is 15.0 Å². The Kier molecular flexibility index (Phi) is 5.01. The Labute approximate surface area is 109 Å². The number of nitrogens with one attached hydrogen (secondary N) is 1. The zero-order chi connectivity index (χ0) is 12.8. The lowest BCUT2D eigenvalue weighted by atomic mass is 10.2. The van der Waals surface area contributed by atoms with Gasteiger partial charge in [0.2, 0.25) is 0 Å². The standard InChI is InChI=1S/C13H23N3O2/c1-2-5-14-13(17)16-8-6-15(7-9-16)11-12-4-3-10-18-12/h2,12H,1,3-11H2,(H,14,17). The second kappa shape index (κ2) is 6.75. The molecule has 0 saturated carbocycles. The van der Waals surface area contributed by atoms with Crippen molar-refractivity contribution in [1.29, 1.82) is 0 Å². The monoisotopic (exact) mass is 253 g/mol. The number of hydrogen-bond acceptors (Lipinski definition) is 3. The smallest absolute Gasteiger partial charge is 0.317 e. The first-order valence-electron chi connectivity index (χ1n) is 6.77. The Morgan fingerprint density at radius 2 is 2.17 bits per heavy atom. The lowest BCUT2D eigenvalue weighted by Crippen LogP contribution is -2.52. The molecule has 1 N–H and O–H groups in total. The molecule has 5 nitrogen and oxygen atoms in total. The zero-order valence-electron chi connectivity index (χ0n) is 10.9. The first-order chi connectivity index (χ1) is 8.79. The molecule has 2 fully saturated rings. The second-order valence-electron chi connectivity index (χ2n) is 4.90. The van der Waals surface area contributed by atoms with E-state index in [0.29, 0.717) is 12.6 Å². The van der Waals surface area contributed by atoms with Gasteiger partial charge in [0.25, 0.3) is 0 Å². The fourth-order valence-corrected chi connectivity index (χ4v) is 2.48. The summed E-state index contributed by atoms with van der Waals surface area (Å²) >= 11 is 0. The van der Waals surface area contributed by atoms with Gasteiger partial charge in [-0.15, -0.1) is 6.58 Å². The molecule has 0 aromatic rings. The normalized spacial score (nSPS) is 25.1. The summed E-state index contributed by atoms with van der Waals surface area (Å²) in [5, 5.41) is 2.82. The van der Waals surface area contributed by atoms with Crippen molar-refractivity contribution < 1.29 is 9.53 Å². The van der Waals surface area contributed by atoms with Gasteiger partial charge in [0, 0.05) is 45.9 Å². The summed E-state index contributed by atoms with van der Waals surface area (Å²) in [5.74, 6) is 0. The van der Waals surface area contributed by atoms with E-state index in [1.165, 1.54) is 12.8 Å². The first-order valence-corrected chi connectivity index (χ1v) is 6.77. The van der Waals surface area contributed by atoms with E-state index in [2.05, 4.69) is 16.8 Å². The van der Waals surface area contributed by atoms with Crippen LogP contribution in [0, 0.1) is 0 Å². The molecule has 1 unspecified atom stereocenters. The van der Waals surface area contributed by atoms with Gasteiger partial charge in [-0.1, -0.05) is 6.08 Å². The van der Waals surface area contributed by atoms with Gasteiger partial charge in [-0.2, -0.15) is 0 Å². The van der Waals surface area contributed by atoms with Crippen LogP contribution in [0.3, 0.4) is 0 Å². The summed E-state index contributed by atoms with van der Waals surface area (Å²) in [6.07, 6.45) is 4.48. The van der Waals surface area contributed by atoms with Crippen molar-refractivity contribution in [3.63, 3.8) is 0 Å². The number of rotatable bonds is 4. The van der Waals surface area contributed by atoms with Crippen molar-refractivity contribution in [3.8, 4) is 0 Å². The van der Waals surface area contributed by atoms with Crippen molar-refractivity contribution in [2.45, 2.75) is 18.9 Å². The van der Waals surface area contributed by atoms with Gasteiger partial charge >= 0.3 is 6.03 Å². The highest BCUT2D eigenvalue weighted by atomic mass is 16.5. The molecule has 0 aromatic heterocycles. The number of ether oxygens (including phenoxy) is 1. The zero-order valence-corrected chi connectivity index (χ0v) is 10.9. The number of carbonyl (C=O) groups excluding carboxylic acids is 1. The van der Waals surface area contributed by atoms with E-state index >= 15 is 0 Å². The molecule has 5 heteroatoms. The third-order valence-electron chi connectivity index (χ3n) is 3.54. The van der Waals surface area contributed by atoms with Crippen molar-refractivity contribution in [2.24, 2.45) is 0 Å². The van der Waals surface area contributed by atoms with Gasteiger partial charge in [-0.3, -0.25) is 4.90 Å². The van der Waals surface area contributed by atoms with E-state index in [1.807, 2.05) is 4.90 Å². The lowest BCUT2D eigenvalue weighted by Gasteiger charge is -2.35. The number of carbonyl (C=O) groups is 1. The highest BCUT2D eigenvalue weighted by Gasteiger charge is 2.24. The third-order valence-corrected chi connectivity index (χ3v) is 3.54. The average molecular weight is 253 g/mol. The Bertz CT molecular complexity index is 282. The van der Waals surface area contributed by atoms with Crippen LogP contribution in [0.25, 0.3) is 0 Å². The highest BCUT2D eigenvalue weighted by Crippen LogP contribution is 2.14. The molecule has 2 heterocycles. The van der Waals surface area contributed by atoms with Crippen LogP contribution in [-0.4, -0.2) is 67.8 Å². The van der Waals surface area contributed by atoms with Crippen LogP contribution in [0.1, 0.15) is 12.8 Å². The second-order valence-corrected chi connectivity index (χ2v) is 4.90. The van der Waals surface area contributed by atoms with Crippen LogP contribution in [0.5, 0.6) is 0 Å². The fraction of sp³-hybridized carbons (Fsp3) is 0.769. The van der Waals surface area contributed by atoms with Gasteiger partial charge in [-0.25, -0.2) is 4.79 Å². The van der Waals surface area contributed by atoms with Crippen LogP contribution < -0.4 is 5.32 Å². The molecule has 2 aliphatic rings. The molecule has 2 rings (SSSR count). The predicted octanol–water partition coefficient (Wildman–Crippen LogP) is 0.679. The molecular formula is C13H23N3O2. The maximum Gasteiger partial charge on any atom is 0.317 e. The number of urea groups is 1. The van der Waals surface area contributed by atoms with Crippen LogP contribution in [0.15, 0.2) is 12.7 Å². The molecule has 0 radical (unpaired) electrons. The first kappa shape index (κ1) is 13.4. The molecule has 18 heavy (non-hydrogen) atoms. The molecule has 0 aliphatic carbocycles. The molecule has 2 saturated heterocycles. The molecule has 2 amide bonds. The number of hydrogen-bond donors (Lipinski definition) is 1. The summed E-state index contributed by atoms with van der Waals surface area (Å²) in [5.41, 5.74) is 0. The van der Waals surface area contributed by atoms with Crippen molar-refractivity contribution in [2.75, 3.05) is 45.9 Å². The lowest BCUT2D eigenvalue weighted by molar-refractivity contribution is 0.0562. The van der Waals surface area contributed by atoms with Crippen LogP contribution in [-0.2, 0) is 4.74 Å². The van der Waals surface area contributed by atoms with E-state index in [4.69, 9.17) is 4.74 Å². The highest BCUT2D eigenvalue weighted by molar-refractivity contribution is 5.74. The molecular weight excluding hydrogens is 230 g/mol. The van der Waals surface area contributed by atoms with E-state index in [1.54, 1.807) is 6.08 Å². The van der Waals surface area contributed by atoms with Gasteiger partial charge in [-0.05, 0) is 12.8 Å². The largest absolute Gasteiger partial charge is 0.377 e.